The fourth-order valence-corrected chi connectivity index (χ4v) is 2.25. The molecule has 0 aromatic heterocycles. The summed E-state index contributed by atoms with van der Waals surface area (Å²) in [6.45, 7) is 4.16. The smallest absolute Gasteiger partial charge is 0.190 e. The van der Waals surface area contributed by atoms with Gasteiger partial charge in [-0.2, -0.15) is 0 Å². The molecule has 0 saturated heterocycles. The highest BCUT2D eigenvalue weighted by Crippen LogP contribution is 2.24. The van der Waals surface area contributed by atoms with Gasteiger partial charge in [0.2, 0.25) is 0 Å². The van der Waals surface area contributed by atoms with Crippen LogP contribution in [0.3, 0.4) is 0 Å². The Kier molecular flexibility index (Phi) is 4.91. The first-order chi connectivity index (χ1) is 10.0. The van der Waals surface area contributed by atoms with E-state index < -0.39 is 11.6 Å². The van der Waals surface area contributed by atoms with E-state index in [1.807, 2.05) is 26.0 Å². The van der Waals surface area contributed by atoms with Crippen molar-refractivity contribution in [3.8, 4) is 5.75 Å². The SMILES string of the molecule is CNC(COc1c(F)cccc1F)c1cc(C)ccc1C. The Morgan fingerprint density at radius 3 is 2.38 bits per heavy atom. The van der Waals surface area contributed by atoms with E-state index in [9.17, 15) is 8.78 Å². The molecule has 0 fully saturated rings. The molecule has 0 aliphatic carbocycles. The molecule has 0 heterocycles. The predicted molar refractivity (Wildman–Crippen MR) is 79.6 cm³/mol. The van der Waals surface area contributed by atoms with Gasteiger partial charge in [0.05, 0.1) is 6.04 Å². The highest BCUT2D eigenvalue weighted by atomic mass is 19.1. The number of hydrogen-bond acceptors (Lipinski definition) is 2. The van der Waals surface area contributed by atoms with E-state index in [2.05, 4.69) is 11.4 Å². The Hall–Kier alpha value is -1.94. The molecule has 21 heavy (non-hydrogen) atoms. The molecule has 2 aromatic carbocycles. The molecule has 2 aromatic rings. The van der Waals surface area contributed by atoms with Gasteiger partial charge in [0.25, 0.3) is 0 Å². The number of aryl methyl sites for hydroxylation is 2. The average molecular weight is 291 g/mol. The van der Waals surface area contributed by atoms with Crippen molar-refractivity contribution >= 4 is 0 Å². The van der Waals surface area contributed by atoms with Crippen LogP contribution in [0.15, 0.2) is 36.4 Å². The maximum absolute atomic E-state index is 13.6. The molecule has 0 radical (unpaired) electrons. The first kappa shape index (κ1) is 15.4. The molecule has 1 N–H and O–H groups in total. The summed E-state index contributed by atoms with van der Waals surface area (Å²) in [6, 6.07) is 9.66. The van der Waals surface area contributed by atoms with Crippen LogP contribution in [0.25, 0.3) is 0 Å². The zero-order chi connectivity index (χ0) is 15.4. The van der Waals surface area contributed by atoms with Crippen molar-refractivity contribution in [3.05, 3.63) is 64.7 Å². The average Bonchev–Trinajstić information content (AvgIpc) is 2.45. The van der Waals surface area contributed by atoms with Gasteiger partial charge < -0.3 is 10.1 Å². The van der Waals surface area contributed by atoms with Crippen LogP contribution < -0.4 is 10.1 Å². The summed E-state index contributed by atoms with van der Waals surface area (Å²) in [4.78, 5) is 0. The van der Waals surface area contributed by atoms with Crippen molar-refractivity contribution in [1.82, 2.24) is 5.32 Å². The van der Waals surface area contributed by atoms with Crippen molar-refractivity contribution in [1.29, 1.82) is 0 Å². The summed E-state index contributed by atoms with van der Waals surface area (Å²) in [5.41, 5.74) is 3.31. The molecule has 0 spiro atoms. The van der Waals surface area contributed by atoms with Gasteiger partial charge in [0, 0.05) is 0 Å². The number of para-hydroxylation sites is 1. The number of ether oxygens (including phenoxy) is 1. The van der Waals surface area contributed by atoms with Crippen molar-refractivity contribution in [2.75, 3.05) is 13.7 Å². The molecular weight excluding hydrogens is 272 g/mol. The Balaban J connectivity index is 2.18. The van der Waals surface area contributed by atoms with E-state index >= 15 is 0 Å². The van der Waals surface area contributed by atoms with E-state index in [1.165, 1.54) is 18.2 Å². The molecule has 1 unspecified atom stereocenters. The van der Waals surface area contributed by atoms with Crippen LogP contribution in [-0.2, 0) is 0 Å². The van der Waals surface area contributed by atoms with E-state index in [0.717, 1.165) is 16.7 Å². The molecular formula is C17H19F2NO. The van der Waals surface area contributed by atoms with E-state index in [4.69, 9.17) is 4.74 Å². The number of hydrogen-bond donors (Lipinski definition) is 1. The monoisotopic (exact) mass is 291 g/mol. The lowest BCUT2D eigenvalue weighted by molar-refractivity contribution is 0.249. The van der Waals surface area contributed by atoms with Crippen LogP contribution in [0.2, 0.25) is 0 Å². The maximum atomic E-state index is 13.6. The van der Waals surface area contributed by atoms with Gasteiger partial charge in [-0.25, -0.2) is 8.78 Å². The molecule has 0 aliphatic rings. The van der Waals surface area contributed by atoms with Gasteiger partial charge in [-0.1, -0.05) is 29.8 Å². The lowest BCUT2D eigenvalue weighted by Gasteiger charge is -2.20. The molecule has 112 valence electrons. The normalized spacial score (nSPS) is 12.2. The first-order valence-corrected chi connectivity index (χ1v) is 6.84. The van der Waals surface area contributed by atoms with Crippen molar-refractivity contribution in [2.24, 2.45) is 0 Å². The summed E-state index contributed by atoms with van der Waals surface area (Å²) in [7, 11) is 1.80. The third-order valence-corrected chi connectivity index (χ3v) is 3.47. The Morgan fingerprint density at radius 1 is 1.10 bits per heavy atom. The van der Waals surface area contributed by atoms with E-state index in [-0.39, 0.29) is 18.4 Å². The third-order valence-electron chi connectivity index (χ3n) is 3.47. The summed E-state index contributed by atoms with van der Waals surface area (Å²) in [5.74, 6) is -1.71. The highest BCUT2D eigenvalue weighted by molar-refractivity contribution is 5.33. The Bertz CT molecular complexity index is 608. The zero-order valence-corrected chi connectivity index (χ0v) is 12.4. The second kappa shape index (κ2) is 6.68. The highest BCUT2D eigenvalue weighted by Gasteiger charge is 2.16. The second-order valence-corrected chi connectivity index (χ2v) is 5.06. The first-order valence-electron chi connectivity index (χ1n) is 6.84. The minimum absolute atomic E-state index is 0.135. The quantitative estimate of drug-likeness (QED) is 0.901. The maximum Gasteiger partial charge on any atom is 0.190 e. The van der Waals surface area contributed by atoms with Gasteiger partial charge in [-0.3, -0.25) is 0 Å². The largest absolute Gasteiger partial charge is 0.486 e. The van der Waals surface area contributed by atoms with Gasteiger partial charge in [-0.05, 0) is 44.2 Å². The van der Waals surface area contributed by atoms with E-state index in [1.54, 1.807) is 7.05 Å². The van der Waals surface area contributed by atoms with Crippen LogP contribution in [0.5, 0.6) is 5.75 Å². The van der Waals surface area contributed by atoms with Crippen LogP contribution in [0.4, 0.5) is 8.78 Å². The van der Waals surface area contributed by atoms with Crippen molar-refractivity contribution < 1.29 is 13.5 Å². The lowest BCUT2D eigenvalue weighted by Crippen LogP contribution is -2.24. The molecule has 4 heteroatoms. The number of nitrogens with one attached hydrogen (secondary N) is 1. The minimum atomic E-state index is -0.689. The standard InChI is InChI=1S/C17H19F2NO/c1-11-7-8-12(2)13(9-11)16(20-3)10-21-17-14(18)5-4-6-15(17)19/h4-9,16,20H,10H2,1-3H3. The van der Waals surface area contributed by atoms with Crippen LogP contribution in [0.1, 0.15) is 22.7 Å². The van der Waals surface area contributed by atoms with Gasteiger partial charge >= 0.3 is 0 Å². The zero-order valence-electron chi connectivity index (χ0n) is 12.4. The minimum Gasteiger partial charge on any atom is -0.486 e. The van der Waals surface area contributed by atoms with Crippen molar-refractivity contribution in [2.45, 2.75) is 19.9 Å². The summed E-state index contributed by atoms with van der Waals surface area (Å²) in [6.07, 6.45) is 0. The molecule has 1 atom stereocenters. The van der Waals surface area contributed by atoms with Crippen LogP contribution >= 0.6 is 0 Å². The number of rotatable bonds is 5. The van der Waals surface area contributed by atoms with Crippen molar-refractivity contribution in [3.63, 3.8) is 0 Å². The molecule has 0 saturated carbocycles. The Labute approximate surface area is 123 Å². The third kappa shape index (κ3) is 3.58. The second-order valence-electron chi connectivity index (χ2n) is 5.06. The molecule has 2 rings (SSSR count). The van der Waals surface area contributed by atoms with Gasteiger partial charge in [0.15, 0.2) is 17.4 Å². The summed E-state index contributed by atoms with van der Waals surface area (Å²) >= 11 is 0. The van der Waals surface area contributed by atoms with Crippen LogP contribution in [0, 0.1) is 25.5 Å². The summed E-state index contributed by atoms with van der Waals surface area (Å²) in [5, 5.41) is 3.13. The van der Waals surface area contributed by atoms with Crippen LogP contribution in [-0.4, -0.2) is 13.7 Å². The molecule has 2 nitrogen and oxygen atoms in total. The number of benzene rings is 2. The fourth-order valence-electron chi connectivity index (χ4n) is 2.25. The molecule has 0 aliphatic heterocycles. The van der Waals surface area contributed by atoms with Gasteiger partial charge in [-0.15, -0.1) is 0 Å². The fraction of sp³-hybridized carbons (Fsp3) is 0.294. The number of likely N-dealkylation sites (N-methyl/N-ethyl adjacent to an activating group) is 1. The summed E-state index contributed by atoms with van der Waals surface area (Å²) < 4.78 is 32.5. The number of halogens is 2. The van der Waals surface area contributed by atoms with E-state index in [0.29, 0.717) is 0 Å². The molecule has 0 amide bonds. The topological polar surface area (TPSA) is 21.3 Å². The Morgan fingerprint density at radius 2 is 1.76 bits per heavy atom. The van der Waals surface area contributed by atoms with Gasteiger partial charge in [0.1, 0.15) is 6.61 Å². The lowest BCUT2D eigenvalue weighted by atomic mass is 9.99. The molecule has 0 bridgehead atoms. The predicted octanol–water partition coefficient (Wildman–Crippen LogP) is 3.92.